The third-order valence-corrected chi connectivity index (χ3v) is 2.10. The summed E-state index contributed by atoms with van der Waals surface area (Å²) in [5, 5.41) is 13.2. The van der Waals surface area contributed by atoms with E-state index in [-0.39, 0.29) is 6.42 Å². The van der Waals surface area contributed by atoms with Crippen molar-refractivity contribution in [3.05, 3.63) is 0 Å². The molecule has 0 rings (SSSR count). The minimum Gasteiger partial charge on any atom is -0.550 e. The van der Waals surface area contributed by atoms with E-state index >= 15 is 0 Å². The Morgan fingerprint density at radius 1 is 1.27 bits per heavy atom. The van der Waals surface area contributed by atoms with Crippen LogP contribution in [0.1, 0.15) is 32.1 Å². The van der Waals surface area contributed by atoms with Gasteiger partial charge in [0.1, 0.15) is 0 Å². The summed E-state index contributed by atoms with van der Waals surface area (Å²) < 4.78 is 1.82. The highest BCUT2D eigenvalue weighted by molar-refractivity contribution is 5.72. The number of carboxylic acids is 1. The number of unbranched alkanes of at least 4 members (excludes halogenated alkanes) is 3. The molecule has 0 fully saturated rings. The van der Waals surface area contributed by atoms with E-state index in [0.29, 0.717) is 12.4 Å². The van der Waals surface area contributed by atoms with Gasteiger partial charge in [0.2, 0.25) is 0 Å². The van der Waals surface area contributed by atoms with Crippen molar-refractivity contribution in [3.63, 3.8) is 0 Å². The van der Waals surface area contributed by atoms with Gasteiger partial charge in [-0.1, -0.05) is 12.8 Å². The minimum atomic E-state index is -0.960. The SMILES string of the molecule is C[N+](C)=C(N)NCCCCCCC(=O)[O-]. The number of hydrogen-bond acceptors (Lipinski definition) is 2. The third-order valence-electron chi connectivity index (χ3n) is 2.10. The summed E-state index contributed by atoms with van der Waals surface area (Å²) in [6.07, 6.45) is 3.81. The number of nitrogens with two attached hydrogens (primary N) is 1. The summed E-state index contributed by atoms with van der Waals surface area (Å²) in [5.74, 6) is -0.303. The minimum absolute atomic E-state index is 0.166. The van der Waals surface area contributed by atoms with Gasteiger partial charge in [-0.05, 0) is 19.3 Å². The van der Waals surface area contributed by atoms with Gasteiger partial charge in [0.05, 0.1) is 20.6 Å². The van der Waals surface area contributed by atoms with Crippen LogP contribution in [-0.4, -0.2) is 37.1 Å². The van der Waals surface area contributed by atoms with E-state index < -0.39 is 5.97 Å². The molecule has 0 aliphatic carbocycles. The second-order valence-electron chi connectivity index (χ2n) is 3.74. The first-order valence-corrected chi connectivity index (χ1v) is 5.27. The van der Waals surface area contributed by atoms with Crippen LogP contribution in [0.3, 0.4) is 0 Å². The number of guanidine groups is 1. The van der Waals surface area contributed by atoms with E-state index in [1.807, 2.05) is 18.7 Å². The summed E-state index contributed by atoms with van der Waals surface area (Å²) in [6, 6.07) is 0. The molecule has 0 aromatic rings. The average molecular weight is 215 g/mol. The predicted octanol–water partition coefficient (Wildman–Crippen LogP) is -1.14. The Labute approximate surface area is 91.0 Å². The van der Waals surface area contributed by atoms with Crippen molar-refractivity contribution in [1.82, 2.24) is 5.32 Å². The number of carbonyl (C=O) groups is 1. The fourth-order valence-electron chi connectivity index (χ4n) is 1.12. The van der Waals surface area contributed by atoms with Crippen LogP contribution in [0.15, 0.2) is 0 Å². The number of carboxylic acid groups (broad SMARTS) is 1. The fourth-order valence-corrected chi connectivity index (χ4v) is 1.12. The topological polar surface area (TPSA) is 81.2 Å². The summed E-state index contributed by atoms with van der Waals surface area (Å²) >= 11 is 0. The van der Waals surface area contributed by atoms with Gasteiger partial charge in [0.15, 0.2) is 0 Å². The molecule has 0 heterocycles. The van der Waals surface area contributed by atoms with Gasteiger partial charge >= 0.3 is 5.96 Å². The number of aliphatic carboxylic acids is 1. The standard InChI is InChI=1S/C10H21N3O2/c1-13(2)10(11)12-8-6-4-3-5-7-9(14)15/h3-8H2,1-2H3,(H3,11,12,14,15). The number of rotatable bonds is 7. The molecule has 0 amide bonds. The lowest BCUT2D eigenvalue weighted by Crippen LogP contribution is -2.38. The van der Waals surface area contributed by atoms with Crippen molar-refractivity contribution in [1.29, 1.82) is 0 Å². The monoisotopic (exact) mass is 215 g/mol. The normalized spacial score (nSPS) is 9.73. The third kappa shape index (κ3) is 9.05. The lowest BCUT2D eigenvalue weighted by atomic mass is 10.1. The van der Waals surface area contributed by atoms with Crippen LogP contribution < -0.4 is 16.2 Å². The van der Waals surface area contributed by atoms with E-state index in [1.54, 1.807) is 0 Å². The van der Waals surface area contributed by atoms with Crippen molar-refractivity contribution >= 4 is 11.9 Å². The van der Waals surface area contributed by atoms with E-state index in [4.69, 9.17) is 5.73 Å². The van der Waals surface area contributed by atoms with E-state index in [9.17, 15) is 9.90 Å². The molecule has 0 saturated heterocycles. The molecule has 0 aromatic carbocycles. The summed E-state index contributed by atoms with van der Waals surface area (Å²) in [5.41, 5.74) is 5.64. The van der Waals surface area contributed by atoms with Crippen molar-refractivity contribution in [2.24, 2.45) is 5.73 Å². The van der Waals surface area contributed by atoms with Gasteiger partial charge in [0, 0.05) is 5.97 Å². The Morgan fingerprint density at radius 3 is 2.40 bits per heavy atom. The van der Waals surface area contributed by atoms with Gasteiger partial charge in [-0.3, -0.25) is 15.6 Å². The van der Waals surface area contributed by atoms with Crippen LogP contribution in [0, 0.1) is 0 Å². The molecule has 15 heavy (non-hydrogen) atoms. The average Bonchev–Trinajstić information content (AvgIpc) is 2.15. The Balaban J connectivity index is 3.26. The molecule has 0 unspecified atom stereocenters. The molecule has 3 N–H and O–H groups in total. The molecule has 0 bridgehead atoms. The number of nitrogens with zero attached hydrogens (tertiary/aromatic N) is 1. The summed E-state index contributed by atoms with van der Waals surface area (Å²) in [4.78, 5) is 10.1. The molecule has 0 atom stereocenters. The Hall–Kier alpha value is -1.26. The van der Waals surface area contributed by atoms with E-state index in [2.05, 4.69) is 5.32 Å². The quantitative estimate of drug-likeness (QED) is 0.243. The first kappa shape index (κ1) is 13.7. The first-order chi connectivity index (χ1) is 7.04. The Morgan fingerprint density at radius 2 is 1.87 bits per heavy atom. The van der Waals surface area contributed by atoms with Gasteiger partial charge < -0.3 is 9.90 Å². The number of carbonyl (C=O) groups excluding carboxylic acids is 1. The van der Waals surface area contributed by atoms with Crippen molar-refractivity contribution in [3.8, 4) is 0 Å². The van der Waals surface area contributed by atoms with Gasteiger partial charge in [0.25, 0.3) is 0 Å². The molecule has 0 aliphatic heterocycles. The van der Waals surface area contributed by atoms with Crippen LogP contribution in [0.25, 0.3) is 0 Å². The highest BCUT2D eigenvalue weighted by Gasteiger charge is 1.98. The molecular weight excluding hydrogens is 194 g/mol. The van der Waals surface area contributed by atoms with Crippen LogP contribution >= 0.6 is 0 Å². The highest BCUT2D eigenvalue weighted by atomic mass is 16.4. The zero-order chi connectivity index (χ0) is 11.7. The zero-order valence-electron chi connectivity index (χ0n) is 9.58. The molecule has 0 saturated carbocycles. The Kier molecular flexibility index (Phi) is 7.40. The Bertz CT molecular complexity index is 223. The highest BCUT2D eigenvalue weighted by Crippen LogP contribution is 2.01. The van der Waals surface area contributed by atoms with Gasteiger partial charge in [-0.15, -0.1) is 0 Å². The zero-order valence-corrected chi connectivity index (χ0v) is 9.58. The maximum atomic E-state index is 10.1. The fraction of sp³-hybridized carbons (Fsp3) is 0.800. The largest absolute Gasteiger partial charge is 0.550 e. The number of hydrogen-bond donors (Lipinski definition) is 2. The molecule has 0 aromatic heterocycles. The second-order valence-corrected chi connectivity index (χ2v) is 3.74. The van der Waals surface area contributed by atoms with Crippen LogP contribution in [-0.2, 0) is 4.79 Å². The summed E-state index contributed by atoms with van der Waals surface area (Å²) in [7, 11) is 3.75. The molecule has 0 spiro atoms. The second kappa shape index (κ2) is 8.08. The van der Waals surface area contributed by atoms with Crippen LogP contribution in [0.5, 0.6) is 0 Å². The van der Waals surface area contributed by atoms with E-state index in [1.165, 1.54) is 0 Å². The summed E-state index contributed by atoms with van der Waals surface area (Å²) in [6.45, 7) is 0.829. The first-order valence-electron chi connectivity index (χ1n) is 5.27. The van der Waals surface area contributed by atoms with Crippen molar-refractivity contribution < 1.29 is 14.5 Å². The number of nitrogens with one attached hydrogen (secondary N) is 1. The molecule has 0 radical (unpaired) electrons. The molecular formula is C10H21N3O2. The molecule has 88 valence electrons. The maximum absolute atomic E-state index is 10.1. The predicted molar refractivity (Wildman–Crippen MR) is 57.4 cm³/mol. The van der Waals surface area contributed by atoms with Gasteiger partial charge in [-0.25, -0.2) is 0 Å². The smallest absolute Gasteiger partial charge is 0.342 e. The van der Waals surface area contributed by atoms with Crippen LogP contribution in [0.2, 0.25) is 0 Å². The van der Waals surface area contributed by atoms with E-state index in [0.717, 1.165) is 25.8 Å². The maximum Gasteiger partial charge on any atom is 0.342 e. The van der Waals surface area contributed by atoms with Crippen LogP contribution in [0.4, 0.5) is 0 Å². The van der Waals surface area contributed by atoms with Gasteiger partial charge in [-0.2, -0.15) is 0 Å². The lowest BCUT2D eigenvalue weighted by molar-refractivity contribution is -0.467. The lowest BCUT2D eigenvalue weighted by Gasteiger charge is -2.03. The molecule has 5 nitrogen and oxygen atoms in total. The van der Waals surface area contributed by atoms with Crippen molar-refractivity contribution in [2.75, 3.05) is 20.6 Å². The molecule has 5 heteroatoms. The van der Waals surface area contributed by atoms with Crippen molar-refractivity contribution in [2.45, 2.75) is 32.1 Å². The molecule has 0 aliphatic rings.